The molecule has 0 unspecified atom stereocenters. The van der Waals surface area contributed by atoms with Crippen LogP contribution in [0, 0.1) is 0 Å². The summed E-state index contributed by atoms with van der Waals surface area (Å²) in [5.41, 5.74) is 1.30. The van der Waals surface area contributed by atoms with Gasteiger partial charge in [0.05, 0.1) is 19.8 Å². The molecule has 1 saturated heterocycles. The van der Waals surface area contributed by atoms with Crippen LogP contribution in [0.3, 0.4) is 0 Å². The van der Waals surface area contributed by atoms with E-state index in [-0.39, 0.29) is 5.91 Å². The van der Waals surface area contributed by atoms with Crippen LogP contribution < -0.4 is 4.90 Å². The van der Waals surface area contributed by atoms with E-state index in [0.29, 0.717) is 15.8 Å². The van der Waals surface area contributed by atoms with Gasteiger partial charge < -0.3 is 4.90 Å². The number of nitrogens with zero attached hydrogens (tertiary/aromatic N) is 2. The second kappa shape index (κ2) is 6.79. The molecule has 0 radical (unpaired) electrons. The topological polar surface area (TPSA) is 23.6 Å². The molecule has 3 heterocycles. The highest BCUT2D eigenvalue weighted by Crippen LogP contribution is 2.54. The molecule has 0 aliphatic carbocycles. The maximum atomic E-state index is 12.3. The number of likely N-dealkylation sites (N-methyl/N-ethyl adjacent to an activating group) is 1. The molecule has 2 aliphatic rings. The van der Waals surface area contributed by atoms with E-state index in [0.717, 1.165) is 11.6 Å². The van der Waals surface area contributed by atoms with Crippen molar-refractivity contribution >= 4 is 73.1 Å². The number of hydrogen-bond acceptors (Lipinski definition) is 6. The van der Waals surface area contributed by atoms with Crippen molar-refractivity contribution in [1.82, 2.24) is 4.90 Å². The summed E-state index contributed by atoms with van der Waals surface area (Å²) in [7, 11) is 0. The Morgan fingerprint density at radius 1 is 1.08 bits per heavy atom. The minimum Gasteiger partial charge on any atom is -0.334 e. The highest BCUT2D eigenvalue weighted by molar-refractivity contribution is 8.26. The first kappa shape index (κ1) is 17.1. The first-order valence-corrected chi connectivity index (χ1v) is 10.9. The normalized spacial score (nSPS) is 20.6. The number of hydrogen-bond donors (Lipinski definition) is 0. The quantitative estimate of drug-likeness (QED) is 0.501. The van der Waals surface area contributed by atoms with Gasteiger partial charge in [-0.15, -0.1) is 11.3 Å². The third-order valence-corrected chi connectivity index (χ3v) is 7.95. The van der Waals surface area contributed by atoms with Gasteiger partial charge in [-0.25, -0.2) is 0 Å². The van der Waals surface area contributed by atoms with E-state index >= 15 is 0 Å². The average molecular weight is 405 g/mol. The van der Waals surface area contributed by atoms with Gasteiger partial charge in [0.25, 0.3) is 5.91 Å². The van der Waals surface area contributed by atoms with Gasteiger partial charge in [0.2, 0.25) is 0 Å². The number of anilines is 1. The molecule has 4 rings (SSSR count). The predicted molar refractivity (Wildman–Crippen MR) is 114 cm³/mol. The molecule has 2 aromatic rings. The van der Waals surface area contributed by atoms with Gasteiger partial charge in [0, 0.05) is 23.2 Å². The van der Waals surface area contributed by atoms with Crippen LogP contribution in [0.2, 0.25) is 0 Å². The monoisotopic (exact) mass is 404 g/mol. The van der Waals surface area contributed by atoms with Crippen LogP contribution in [0.4, 0.5) is 5.69 Å². The molecular weight excluding hydrogens is 388 g/mol. The Bertz CT molecular complexity index is 944. The van der Waals surface area contributed by atoms with E-state index in [1.165, 1.54) is 31.7 Å². The molecule has 0 atom stereocenters. The molecule has 0 saturated carbocycles. The number of benzene rings is 1. The van der Waals surface area contributed by atoms with Gasteiger partial charge in [-0.3, -0.25) is 9.69 Å². The van der Waals surface area contributed by atoms with Crippen molar-refractivity contribution in [3.05, 3.63) is 46.4 Å². The Labute approximate surface area is 164 Å². The van der Waals surface area contributed by atoms with E-state index in [9.17, 15) is 4.79 Å². The minimum atomic E-state index is 0.0145. The van der Waals surface area contributed by atoms with Crippen LogP contribution in [0.15, 0.2) is 50.6 Å². The maximum Gasteiger partial charge on any atom is 0.266 e. The Balaban J connectivity index is 1.68. The van der Waals surface area contributed by atoms with Crippen LogP contribution in [0.25, 0.3) is 10.1 Å². The fourth-order valence-corrected chi connectivity index (χ4v) is 6.89. The number of rotatable bonds is 3. The standard InChI is InChI=1S/C18H16N2OS4/c1-3-19-14(10-9-13-16(21)20(4-2)18(22)24-13)25-17-15(19)11-7-5-6-8-12(11)23-17/h5-10H,3-4H2,1-2H3. The fourth-order valence-electron chi connectivity index (χ4n) is 2.97. The highest BCUT2D eigenvalue weighted by Gasteiger charge is 2.31. The summed E-state index contributed by atoms with van der Waals surface area (Å²) < 4.78 is 3.29. The first-order valence-electron chi connectivity index (χ1n) is 8.06. The fraction of sp³-hybridized carbons (Fsp3) is 0.222. The maximum absolute atomic E-state index is 12.3. The van der Waals surface area contributed by atoms with Gasteiger partial charge >= 0.3 is 0 Å². The Kier molecular flexibility index (Phi) is 4.66. The zero-order chi connectivity index (χ0) is 17.6. The van der Waals surface area contributed by atoms with Gasteiger partial charge in [-0.2, -0.15) is 0 Å². The number of thiophene rings is 1. The molecule has 1 aromatic carbocycles. The van der Waals surface area contributed by atoms with Crippen molar-refractivity contribution in [2.45, 2.75) is 18.1 Å². The lowest BCUT2D eigenvalue weighted by atomic mass is 10.2. The number of allylic oxidation sites excluding steroid dienone is 2. The van der Waals surface area contributed by atoms with E-state index < -0.39 is 0 Å². The summed E-state index contributed by atoms with van der Waals surface area (Å²) in [6, 6.07) is 8.53. The lowest BCUT2D eigenvalue weighted by Gasteiger charge is -2.17. The molecule has 1 fully saturated rings. The van der Waals surface area contributed by atoms with Crippen molar-refractivity contribution in [2.75, 3.05) is 18.0 Å². The van der Waals surface area contributed by atoms with E-state index in [4.69, 9.17) is 12.2 Å². The molecular formula is C18H16N2OS4. The lowest BCUT2D eigenvalue weighted by Crippen LogP contribution is -2.27. The van der Waals surface area contributed by atoms with Crippen LogP contribution in [-0.4, -0.2) is 28.2 Å². The molecule has 1 aromatic heterocycles. The molecule has 2 aliphatic heterocycles. The van der Waals surface area contributed by atoms with Crippen LogP contribution >= 0.6 is 47.1 Å². The van der Waals surface area contributed by atoms with Crippen molar-refractivity contribution in [2.24, 2.45) is 0 Å². The van der Waals surface area contributed by atoms with E-state index in [1.54, 1.807) is 16.7 Å². The molecule has 3 nitrogen and oxygen atoms in total. The number of thiocarbonyl (C=S) groups is 1. The molecule has 0 spiro atoms. The zero-order valence-corrected chi connectivity index (χ0v) is 17.1. The Morgan fingerprint density at radius 2 is 1.84 bits per heavy atom. The molecule has 1 amide bonds. The van der Waals surface area contributed by atoms with E-state index in [2.05, 4.69) is 42.2 Å². The second-order valence-corrected chi connectivity index (χ2v) is 9.55. The average Bonchev–Trinajstić information content (AvgIpc) is 3.22. The number of amides is 1. The van der Waals surface area contributed by atoms with Crippen molar-refractivity contribution in [3.63, 3.8) is 0 Å². The minimum absolute atomic E-state index is 0.0145. The van der Waals surface area contributed by atoms with Crippen molar-refractivity contribution < 1.29 is 4.79 Å². The third-order valence-electron chi connectivity index (χ3n) is 4.15. The molecule has 128 valence electrons. The van der Waals surface area contributed by atoms with Crippen LogP contribution in [0.5, 0.6) is 0 Å². The number of carbonyl (C=O) groups is 1. The highest BCUT2D eigenvalue weighted by atomic mass is 32.2. The third kappa shape index (κ3) is 2.83. The van der Waals surface area contributed by atoms with Gasteiger partial charge in [-0.1, -0.05) is 53.9 Å². The SMILES string of the molecule is CCN1C(=O)C(=CC=C2Sc3sc4ccccc4c3N2CC)SC1=S. The zero-order valence-electron chi connectivity index (χ0n) is 13.8. The number of thioether (sulfide) groups is 2. The predicted octanol–water partition coefficient (Wildman–Crippen LogP) is 5.44. The van der Waals surface area contributed by atoms with Gasteiger partial charge in [0.15, 0.2) is 0 Å². The molecule has 0 bridgehead atoms. The molecule has 0 N–H and O–H groups in total. The summed E-state index contributed by atoms with van der Waals surface area (Å²) in [5, 5.41) is 2.47. The smallest absolute Gasteiger partial charge is 0.266 e. The van der Waals surface area contributed by atoms with E-state index in [1.807, 2.05) is 24.3 Å². The van der Waals surface area contributed by atoms with Gasteiger partial charge in [0.1, 0.15) is 4.32 Å². The first-order chi connectivity index (χ1) is 12.1. The molecule has 7 heteroatoms. The lowest BCUT2D eigenvalue weighted by molar-refractivity contribution is -0.122. The summed E-state index contributed by atoms with van der Waals surface area (Å²) in [5.74, 6) is 0.0145. The summed E-state index contributed by atoms with van der Waals surface area (Å²) in [4.78, 5) is 17.0. The summed E-state index contributed by atoms with van der Waals surface area (Å²) in [6.07, 6.45) is 3.97. The van der Waals surface area contributed by atoms with Crippen LogP contribution in [-0.2, 0) is 4.79 Å². The number of carbonyl (C=O) groups excluding carboxylic acids is 1. The second-order valence-electron chi connectivity index (χ2n) is 5.53. The Hall–Kier alpha value is -1.28. The summed E-state index contributed by atoms with van der Waals surface area (Å²) >= 11 is 10.3. The largest absolute Gasteiger partial charge is 0.334 e. The van der Waals surface area contributed by atoms with Crippen molar-refractivity contribution in [3.8, 4) is 0 Å². The van der Waals surface area contributed by atoms with Gasteiger partial charge in [-0.05, 0) is 32.1 Å². The molecule has 25 heavy (non-hydrogen) atoms. The number of fused-ring (bicyclic) bond motifs is 3. The Morgan fingerprint density at radius 3 is 2.56 bits per heavy atom. The van der Waals surface area contributed by atoms with Crippen LogP contribution in [0.1, 0.15) is 13.8 Å². The van der Waals surface area contributed by atoms with Crippen molar-refractivity contribution in [1.29, 1.82) is 0 Å². The summed E-state index contributed by atoms with van der Waals surface area (Å²) in [6.45, 7) is 5.63.